The van der Waals surface area contributed by atoms with Gasteiger partial charge in [0.1, 0.15) is 0 Å². The normalized spacial score (nSPS) is 15.6. The number of nitrogens with one attached hydrogen (secondary N) is 1. The molecule has 166 valence electrons. The lowest BCUT2D eigenvalue weighted by atomic mass is 10.1. The molecule has 1 unspecified atom stereocenters. The van der Waals surface area contributed by atoms with Gasteiger partial charge >= 0.3 is 0 Å². The van der Waals surface area contributed by atoms with Gasteiger partial charge in [-0.3, -0.25) is 9.59 Å². The topological polar surface area (TPSA) is 77.1 Å². The van der Waals surface area contributed by atoms with Gasteiger partial charge in [0.25, 0.3) is 5.91 Å². The Morgan fingerprint density at radius 2 is 1.61 bits per heavy atom. The molecule has 0 radical (unpaired) electrons. The molecule has 1 heterocycles. The fourth-order valence-corrected chi connectivity index (χ4v) is 3.63. The van der Waals surface area contributed by atoms with Crippen molar-refractivity contribution in [2.75, 3.05) is 37.8 Å². The van der Waals surface area contributed by atoms with E-state index in [0.717, 1.165) is 5.69 Å². The number of para-hydroxylation sites is 1. The number of nitrogens with zero attached hydrogens (tertiary/aromatic N) is 1. The van der Waals surface area contributed by atoms with Crippen LogP contribution in [0.3, 0.4) is 0 Å². The molecular formula is C24H30N2O5. The van der Waals surface area contributed by atoms with E-state index in [2.05, 4.69) is 5.32 Å². The lowest BCUT2D eigenvalue weighted by Crippen LogP contribution is -2.31. The van der Waals surface area contributed by atoms with Crippen LogP contribution in [-0.4, -0.2) is 44.7 Å². The monoisotopic (exact) mass is 426 g/mol. The molecule has 7 heteroatoms. The van der Waals surface area contributed by atoms with E-state index in [9.17, 15) is 9.59 Å². The van der Waals surface area contributed by atoms with Gasteiger partial charge in [-0.2, -0.15) is 0 Å². The predicted octanol–water partition coefficient (Wildman–Crippen LogP) is 3.67. The van der Waals surface area contributed by atoms with Gasteiger partial charge in [-0.25, -0.2) is 0 Å². The van der Waals surface area contributed by atoms with Gasteiger partial charge in [0.15, 0.2) is 11.5 Å². The minimum atomic E-state index is -0.240. The van der Waals surface area contributed by atoms with Crippen LogP contribution in [-0.2, 0) is 4.79 Å². The van der Waals surface area contributed by atoms with Gasteiger partial charge in [0, 0.05) is 36.7 Å². The maximum absolute atomic E-state index is 12.9. The summed E-state index contributed by atoms with van der Waals surface area (Å²) in [5.41, 5.74) is 1.31. The molecule has 7 nitrogen and oxygen atoms in total. The van der Waals surface area contributed by atoms with E-state index in [-0.39, 0.29) is 17.7 Å². The van der Waals surface area contributed by atoms with Crippen LogP contribution < -0.4 is 24.4 Å². The third kappa shape index (κ3) is 5.48. The van der Waals surface area contributed by atoms with Crippen LogP contribution in [0.4, 0.5) is 5.69 Å². The molecule has 1 fully saturated rings. The highest BCUT2D eigenvalue weighted by molar-refractivity contribution is 5.97. The van der Waals surface area contributed by atoms with E-state index in [1.54, 1.807) is 17.0 Å². The summed E-state index contributed by atoms with van der Waals surface area (Å²) in [5, 5.41) is 2.95. The van der Waals surface area contributed by atoms with Crippen molar-refractivity contribution in [3.8, 4) is 17.2 Å². The van der Waals surface area contributed by atoms with Crippen LogP contribution in [0.5, 0.6) is 17.2 Å². The molecule has 0 spiro atoms. The molecule has 1 N–H and O–H groups in total. The minimum Gasteiger partial charge on any atom is -0.490 e. The number of anilines is 1. The van der Waals surface area contributed by atoms with E-state index in [1.165, 1.54) is 0 Å². The molecule has 2 aromatic rings. The molecule has 31 heavy (non-hydrogen) atoms. The maximum Gasteiger partial charge on any atom is 0.251 e. The third-order valence-electron chi connectivity index (χ3n) is 5.00. The van der Waals surface area contributed by atoms with Crippen molar-refractivity contribution in [2.45, 2.75) is 27.2 Å². The standard InChI is InChI=1S/C24H30N2O5/c1-4-29-20-13-18(14-21(30-5-2)23(20)31-6-3)24(28)25-15-17-12-22(27)26(16-17)19-10-8-7-9-11-19/h7-11,13-14,17H,4-6,12,15-16H2,1-3H3,(H,25,28). The van der Waals surface area contributed by atoms with E-state index < -0.39 is 0 Å². The highest BCUT2D eigenvalue weighted by Crippen LogP contribution is 2.39. The second-order valence-corrected chi connectivity index (χ2v) is 7.22. The quantitative estimate of drug-likeness (QED) is 0.627. The Bertz CT molecular complexity index is 873. The number of carbonyl (C=O) groups excluding carboxylic acids is 2. The lowest BCUT2D eigenvalue weighted by molar-refractivity contribution is -0.117. The number of hydrogen-bond acceptors (Lipinski definition) is 5. The molecule has 1 atom stereocenters. The minimum absolute atomic E-state index is 0.0529. The van der Waals surface area contributed by atoms with Crippen molar-refractivity contribution in [2.24, 2.45) is 5.92 Å². The number of amides is 2. The molecule has 2 aromatic carbocycles. The van der Waals surface area contributed by atoms with Gasteiger partial charge in [-0.05, 0) is 45.0 Å². The zero-order chi connectivity index (χ0) is 22.2. The Morgan fingerprint density at radius 3 is 2.19 bits per heavy atom. The highest BCUT2D eigenvalue weighted by atomic mass is 16.5. The Hall–Kier alpha value is -3.22. The van der Waals surface area contributed by atoms with Crippen LogP contribution in [0.25, 0.3) is 0 Å². The van der Waals surface area contributed by atoms with Crippen LogP contribution in [0.15, 0.2) is 42.5 Å². The summed E-state index contributed by atoms with van der Waals surface area (Å²) in [6.07, 6.45) is 0.410. The SMILES string of the molecule is CCOc1cc(C(=O)NCC2CC(=O)N(c3ccccc3)C2)cc(OCC)c1OCC. The van der Waals surface area contributed by atoms with Crippen molar-refractivity contribution in [3.63, 3.8) is 0 Å². The molecule has 1 aliphatic heterocycles. The first-order chi connectivity index (χ1) is 15.1. The first kappa shape index (κ1) is 22.5. The molecule has 0 aliphatic carbocycles. The summed E-state index contributed by atoms with van der Waals surface area (Å²) in [6, 6.07) is 12.9. The fraction of sp³-hybridized carbons (Fsp3) is 0.417. The van der Waals surface area contributed by atoms with Gasteiger partial charge in [-0.1, -0.05) is 18.2 Å². The predicted molar refractivity (Wildman–Crippen MR) is 119 cm³/mol. The zero-order valence-electron chi connectivity index (χ0n) is 18.3. The molecule has 3 rings (SSSR count). The van der Waals surface area contributed by atoms with E-state index in [4.69, 9.17) is 14.2 Å². The Kier molecular flexibility index (Phi) is 7.76. The number of ether oxygens (including phenoxy) is 3. The summed E-state index contributed by atoms with van der Waals surface area (Å²) in [4.78, 5) is 27.0. The van der Waals surface area contributed by atoms with Gasteiger partial charge in [0.05, 0.1) is 19.8 Å². The third-order valence-corrected chi connectivity index (χ3v) is 5.00. The fourth-order valence-electron chi connectivity index (χ4n) is 3.63. The van der Waals surface area contributed by atoms with E-state index >= 15 is 0 Å². The summed E-state index contributed by atoms with van der Waals surface area (Å²) >= 11 is 0. The molecule has 0 bridgehead atoms. The molecular weight excluding hydrogens is 396 g/mol. The number of rotatable bonds is 10. The molecule has 1 aliphatic rings. The van der Waals surface area contributed by atoms with Crippen molar-refractivity contribution in [1.29, 1.82) is 0 Å². The van der Waals surface area contributed by atoms with Crippen molar-refractivity contribution in [3.05, 3.63) is 48.0 Å². The second kappa shape index (κ2) is 10.7. The Balaban J connectivity index is 1.69. The summed E-state index contributed by atoms with van der Waals surface area (Å²) < 4.78 is 17.1. The Morgan fingerprint density at radius 1 is 1.00 bits per heavy atom. The molecule has 0 saturated carbocycles. The van der Waals surface area contributed by atoms with Crippen LogP contribution in [0.2, 0.25) is 0 Å². The van der Waals surface area contributed by atoms with Gasteiger partial charge in [0.2, 0.25) is 11.7 Å². The van der Waals surface area contributed by atoms with Crippen molar-refractivity contribution >= 4 is 17.5 Å². The Labute approximate surface area is 183 Å². The van der Waals surface area contributed by atoms with E-state index in [1.807, 2.05) is 51.1 Å². The van der Waals surface area contributed by atoms with Crippen LogP contribution in [0, 0.1) is 5.92 Å². The van der Waals surface area contributed by atoms with Crippen LogP contribution in [0.1, 0.15) is 37.6 Å². The van der Waals surface area contributed by atoms with Crippen molar-refractivity contribution in [1.82, 2.24) is 5.32 Å². The first-order valence-corrected chi connectivity index (χ1v) is 10.8. The lowest BCUT2D eigenvalue weighted by Gasteiger charge is -2.18. The van der Waals surface area contributed by atoms with Crippen molar-refractivity contribution < 1.29 is 23.8 Å². The van der Waals surface area contributed by atoms with Crippen LogP contribution >= 0.6 is 0 Å². The largest absolute Gasteiger partial charge is 0.490 e. The second-order valence-electron chi connectivity index (χ2n) is 7.22. The average Bonchev–Trinajstić information content (AvgIpc) is 3.15. The molecule has 1 saturated heterocycles. The van der Waals surface area contributed by atoms with Gasteiger partial charge in [-0.15, -0.1) is 0 Å². The smallest absolute Gasteiger partial charge is 0.251 e. The first-order valence-electron chi connectivity index (χ1n) is 10.8. The molecule has 2 amide bonds. The number of carbonyl (C=O) groups is 2. The summed E-state index contributed by atoms with van der Waals surface area (Å²) in [7, 11) is 0. The summed E-state index contributed by atoms with van der Waals surface area (Å²) in [6.45, 7) is 7.96. The number of hydrogen-bond donors (Lipinski definition) is 1. The average molecular weight is 427 g/mol. The van der Waals surface area contributed by atoms with Gasteiger partial charge < -0.3 is 24.4 Å². The van der Waals surface area contributed by atoms with E-state index in [0.29, 0.717) is 62.1 Å². The maximum atomic E-state index is 12.9. The molecule has 0 aromatic heterocycles. The summed E-state index contributed by atoms with van der Waals surface area (Å²) in [5.74, 6) is 1.34. The zero-order valence-corrected chi connectivity index (χ0v) is 18.3. The highest BCUT2D eigenvalue weighted by Gasteiger charge is 2.30. The number of benzene rings is 2.